The summed E-state index contributed by atoms with van der Waals surface area (Å²) in [4.78, 5) is 7.95. The molecule has 0 amide bonds. The van der Waals surface area contributed by atoms with E-state index in [-0.39, 0.29) is 12.1 Å². The van der Waals surface area contributed by atoms with Crippen molar-refractivity contribution in [2.45, 2.75) is 12.1 Å². The van der Waals surface area contributed by atoms with Crippen LogP contribution in [0.1, 0.15) is 22.7 Å². The quantitative estimate of drug-likeness (QED) is 0.270. The van der Waals surface area contributed by atoms with Crippen LogP contribution in [0.5, 0.6) is 17.2 Å². The van der Waals surface area contributed by atoms with Crippen molar-refractivity contribution in [2.24, 2.45) is 0 Å². The normalized spacial score (nSPS) is 17.6. The molecule has 1 N–H and O–H groups in total. The minimum absolute atomic E-state index is 0.0166. The van der Waals surface area contributed by atoms with E-state index in [4.69, 9.17) is 21.7 Å². The van der Waals surface area contributed by atoms with Crippen LogP contribution < -0.4 is 19.7 Å². The van der Waals surface area contributed by atoms with E-state index in [9.17, 15) is 0 Å². The Hall–Kier alpha value is -2.94. The van der Waals surface area contributed by atoms with Gasteiger partial charge in [-0.3, -0.25) is 4.98 Å². The highest BCUT2D eigenvalue weighted by molar-refractivity contribution is 9.11. The van der Waals surface area contributed by atoms with Gasteiger partial charge in [0.1, 0.15) is 17.2 Å². The molecule has 5 rings (SSSR count). The molecule has 4 aromatic rings. The van der Waals surface area contributed by atoms with Gasteiger partial charge in [0.15, 0.2) is 5.11 Å². The second-order valence-corrected chi connectivity index (χ2v) is 10.3. The molecule has 0 bridgehead atoms. The molecule has 1 fully saturated rings. The van der Waals surface area contributed by atoms with Gasteiger partial charge in [0.05, 0.1) is 28.7 Å². The van der Waals surface area contributed by atoms with Gasteiger partial charge in [0.2, 0.25) is 0 Å². The van der Waals surface area contributed by atoms with Crippen LogP contribution in [-0.2, 0) is 0 Å². The van der Waals surface area contributed by atoms with Crippen LogP contribution in [0.25, 0.3) is 0 Å². The number of thiocarbonyl (C=S) groups is 1. The number of aromatic nitrogens is 1. The number of benzene rings is 2. The second-order valence-electron chi connectivity index (χ2n) is 7.41. The zero-order valence-corrected chi connectivity index (χ0v) is 20.9. The van der Waals surface area contributed by atoms with E-state index in [1.807, 2.05) is 72.9 Å². The standard InChI is InChI=1S/C25H20BrN3O2S2/c1-30-17-9-11-19(12-10-17)31-18-7-5-16(6-8-18)29-24(21-13-14-22(26)33-21)23(28-25(29)32)20-4-2-3-15-27-20/h2-15,23-24H,1H3,(H,28,32)/t23-,24-/m1/s1. The molecule has 1 aliphatic heterocycles. The molecule has 0 spiro atoms. The third-order valence-corrected chi connectivity index (χ3v) is 7.40. The number of ether oxygens (including phenoxy) is 2. The number of hydrogen-bond donors (Lipinski definition) is 1. The monoisotopic (exact) mass is 537 g/mol. The summed E-state index contributed by atoms with van der Waals surface area (Å²) in [6, 6.07) is 25.6. The molecule has 0 aliphatic carbocycles. The molecule has 0 radical (unpaired) electrons. The molecule has 0 unspecified atom stereocenters. The average Bonchev–Trinajstić information content (AvgIpc) is 3.43. The maximum Gasteiger partial charge on any atom is 0.174 e. The zero-order chi connectivity index (χ0) is 22.8. The molecule has 2 aromatic heterocycles. The van der Waals surface area contributed by atoms with Gasteiger partial charge in [0.25, 0.3) is 0 Å². The number of methoxy groups -OCH3 is 1. The highest BCUT2D eigenvalue weighted by atomic mass is 79.9. The highest BCUT2D eigenvalue weighted by Gasteiger charge is 2.41. The Morgan fingerprint density at radius 1 is 0.939 bits per heavy atom. The molecular weight excluding hydrogens is 518 g/mol. The lowest BCUT2D eigenvalue weighted by Gasteiger charge is -2.27. The number of halogens is 1. The summed E-state index contributed by atoms with van der Waals surface area (Å²) in [6.45, 7) is 0. The van der Waals surface area contributed by atoms with Gasteiger partial charge in [-0.1, -0.05) is 6.07 Å². The van der Waals surface area contributed by atoms with Crippen LogP contribution in [0, 0.1) is 0 Å². The van der Waals surface area contributed by atoms with E-state index in [0.717, 1.165) is 32.4 Å². The first-order valence-electron chi connectivity index (χ1n) is 10.3. The summed E-state index contributed by atoms with van der Waals surface area (Å²) in [6.07, 6.45) is 1.81. The van der Waals surface area contributed by atoms with Crippen molar-refractivity contribution < 1.29 is 9.47 Å². The molecule has 0 saturated carbocycles. The van der Waals surface area contributed by atoms with Gasteiger partial charge >= 0.3 is 0 Å². The second kappa shape index (κ2) is 9.51. The zero-order valence-electron chi connectivity index (χ0n) is 17.6. The molecule has 166 valence electrons. The van der Waals surface area contributed by atoms with Crippen LogP contribution in [0.3, 0.4) is 0 Å². The maximum atomic E-state index is 5.99. The van der Waals surface area contributed by atoms with Crippen LogP contribution in [-0.4, -0.2) is 17.2 Å². The van der Waals surface area contributed by atoms with Crippen molar-refractivity contribution in [2.75, 3.05) is 12.0 Å². The lowest BCUT2D eigenvalue weighted by Crippen LogP contribution is -2.28. The Morgan fingerprint density at radius 3 is 2.24 bits per heavy atom. The fourth-order valence-electron chi connectivity index (χ4n) is 3.86. The minimum Gasteiger partial charge on any atom is -0.497 e. The van der Waals surface area contributed by atoms with Crippen molar-refractivity contribution in [1.82, 2.24) is 10.3 Å². The van der Waals surface area contributed by atoms with Crippen molar-refractivity contribution >= 4 is 50.3 Å². The maximum absolute atomic E-state index is 5.99. The van der Waals surface area contributed by atoms with Crippen molar-refractivity contribution in [1.29, 1.82) is 0 Å². The highest BCUT2D eigenvalue weighted by Crippen LogP contribution is 2.44. The van der Waals surface area contributed by atoms with Crippen molar-refractivity contribution in [3.8, 4) is 17.2 Å². The summed E-state index contributed by atoms with van der Waals surface area (Å²) in [7, 11) is 1.65. The predicted molar refractivity (Wildman–Crippen MR) is 139 cm³/mol. The number of nitrogens with zero attached hydrogens (tertiary/aromatic N) is 2. The van der Waals surface area contributed by atoms with Gasteiger partial charge in [0, 0.05) is 16.8 Å². The molecule has 3 heterocycles. The van der Waals surface area contributed by atoms with Gasteiger partial charge < -0.3 is 19.7 Å². The first kappa shape index (κ1) is 21.9. The van der Waals surface area contributed by atoms with Gasteiger partial charge in [-0.15, -0.1) is 11.3 Å². The average molecular weight is 538 g/mol. The van der Waals surface area contributed by atoms with Crippen molar-refractivity contribution in [3.63, 3.8) is 0 Å². The molecule has 5 nitrogen and oxygen atoms in total. The number of hydrogen-bond acceptors (Lipinski definition) is 5. The van der Waals surface area contributed by atoms with Crippen LogP contribution >= 0.6 is 39.5 Å². The summed E-state index contributed by atoms with van der Waals surface area (Å²) >= 11 is 11.1. The Morgan fingerprint density at radius 2 is 1.64 bits per heavy atom. The Labute approximate surface area is 210 Å². The largest absolute Gasteiger partial charge is 0.497 e. The molecule has 1 saturated heterocycles. The Balaban J connectivity index is 1.44. The van der Waals surface area contributed by atoms with E-state index >= 15 is 0 Å². The fourth-order valence-corrected chi connectivity index (χ4v) is 5.76. The lowest BCUT2D eigenvalue weighted by atomic mass is 10.0. The predicted octanol–water partition coefficient (Wildman–Crippen LogP) is 6.88. The molecule has 8 heteroatoms. The topological polar surface area (TPSA) is 46.6 Å². The van der Waals surface area contributed by atoms with Crippen LogP contribution in [0.2, 0.25) is 0 Å². The summed E-state index contributed by atoms with van der Waals surface area (Å²) in [5.41, 5.74) is 1.94. The molecule has 33 heavy (non-hydrogen) atoms. The number of rotatable bonds is 6. The van der Waals surface area contributed by atoms with Crippen molar-refractivity contribution in [3.05, 3.63) is 99.4 Å². The van der Waals surface area contributed by atoms with E-state index in [1.54, 1.807) is 18.4 Å². The van der Waals surface area contributed by atoms with Gasteiger partial charge in [-0.2, -0.15) is 0 Å². The van der Waals surface area contributed by atoms with Gasteiger partial charge in [-0.25, -0.2) is 0 Å². The Kier molecular flexibility index (Phi) is 6.30. The number of thiophene rings is 1. The number of pyridine rings is 1. The third kappa shape index (κ3) is 4.59. The fraction of sp³-hybridized carbons (Fsp3) is 0.120. The van der Waals surface area contributed by atoms with Crippen LogP contribution in [0.15, 0.2) is 88.8 Å². The molecule has 2 atom stereocenters. The van der Waals surface area contributed by atoms with E-state index in [2.05, 4.69) is 43.3 Å². The lowest BCUT2D eigenvalue weighted by molar-refractivity contribution is 0.413. The smallest absolute Gasteiger partial charge is 0.174 e. The minimum atomic E-state index is -0.0560. The van der Waals surface area contributed by atoms with Gasteiger partial charge in [-0.05, 0) is 101 Å². The summed E-state index contributed by atoms with van der Waals surface area (Å²) < 4.78 is 12.3. The Bertz CT molecular complexity index is 1250. The first-order valence-corrected chi connectivity index (χ1v) is 12.3. The van der Waals surface area contributed by atoms with E-state index in [1.165, 1.54) is 4.88 Å². The molecule has 1 aliphatic rings. The summed E-state index contributed by atoms with van der Waals surface area (Å²) in [5.74, 6) is 2.29. The number of nitrogens with one attached hydrogen (secondary N) is 1. The van der Waals surface area contributed by atoms with E-state index in [0.29, 0.717) is 5.11 Å². The number of anilines is 1. The SMILES string of the molecule is COc1ccc(Oc2ccc(N3C(=S)N[C@H](c4ccccn4)[C@H]3c3ccc(Br)s3)cc2)cc1. The molecule has 2 aromatic carbocycles. The summed E-state index contributed by atoms with van der Waals surface area (Å²) in [5, 5.41) is 4.16. The van der Waals surface area contributed by atoms with E-state index < -0.39 is 0 Å². The van der Waals surface area contributed by atoms with Crippen LogP contribution in [0.4, 0.5) is 5.69 Å². The molecular formula is C25H20BrN3O2S2. The third-order valence-electron chi connectivity index (χ3n) is 5.39. The first-order chi connectivity index (χ1) is 16.1.